The van der Waals surface area contributed by atoms with Crippen molar-refractivity contribution in [1.29, 1.82) is 0 Å². The van der Waals surface area contributed by atoms with Gasteiger partial charge in [-0.3, -0.25) is 0 Å². The van der Waals surface area contributed by atoms with E-state index >= 15 is 0 Å². The molecule has 0 radical (unpaired) electrons. The third-order valence-corrected chi connectivity index (χ3v) is 2.61. The third kappa shape index (κ3) is 4.95. The van der Waals surface area contributed by atoms with E-state index in [-0.39, 0.29) is 12.9 Å². The van der Waals surface area contributed by atoms with E-state index in [0.29, 0.717) is 6.61 Å². The van der Waals surface area contributed by atoms with Gasteiger partial charge in [0.1, 0.15) is 0 Å². The van der Waals surface area contributed by atoms with Gasteiger partial charge in [-0.05, 0) is 47.9 Å². The highest BCUT2D eigenvalue weighted by Crippen LogP contribution is 2.15. The van der Waals surface area contributed by atoms with Crippen LogP contribution >= 0.6 is 22.6 Å². The van der Waals surface area contributed by atoms with E-state index < -0.39 is 0 Å². The molecule has 1 aliphatic rings. The summed E-state index contributed by atoms with van der Waals surface area (Å²) < 4.78 is 11.9. The molecule has 0 aromatic heterocycles. The van der Waals surface area contributed by atoms with Crippen LogP contribution in [0.5, 0.6) is 0 Å². The highest BCUT2D eigenvalue weighted by atomic mass is 127. The van der Waals surface area contributed by atoms with Crippen LogP contribution in [-0.4, -0.2) is 31.2 Å². The van der Waals surface area contributed by atoms with Crippen LogP contribution in [0, 0.1) is 0 Å². The van der Waals surface area contributed by atoms with Gasteiger partial charge in [-0.2, -0.15) is 0 Å². The highest BCUT2D eigenvalue weighted by molar-refractivity contribution is 14.1. The fraction of sp³-hybridized carbons (Fsp3) is 0.778. The molecule has 1 aliphatic heterocycles. The first-order chi connectivity index (χ1) is 6.33. The molecular formula is C9H15IO3. The molecule has 0 aromatic carbocycles. The van der Waals surface area contributed by atoms with Crippen LogP contribution in [0.3, 0.4) is 0 Å². The minimum Gasteiger partial charge on any atom is -0.392 e. The monoisotopic (exact) mass is 298 g/mol. The lowest BCUT2D eigenvalue weighted by molar-refractivity contribution is -0.155. The van der Waals surface area contributed by atoms with E-state index in [1.807, 2.05) is 0 Å². The maximum atomic E-state index is 8.61. The van der Waals surface area contributed by atoms with Gasteiger partial charge in [0.25, 0.3) is 0 Å². The van der Waals surface area contributed by atoms with Crippen LogP contribution < -0.4 is 0 Å². The Morgan fingerprint density at radius 1 is 1.62 bits per heavy atom. The maximum Gasteiger partial charge on any atom is 0.158 e. The zero-order chi connectivity index (χ0) is 9.52. The van der Waals surface area contributed by atoms with Crippen molar-refractivity contribution < 1.29 is 14.6 Å². The Balaban J connectivity index is 2.13. The predicted molar refractivity (Wildman–Crippen MR) is 58.7 cm³/mol. The summed E-state index contributed by atoms with van der Waals surface area (Å²) in [5.74, 6) is 0. The Morgan fingerprint density at radius 3 is 3.08 bits per heavy atom. The van der Waals surface area contributed by atoms with Crippen LogP contribution in [0.2, 0.25) is 0 Å². The number of aliphatic hydroxyl groups is 1. The molecule has 1 heterocycles. The van der Waals surface area contributed by atoms with Crippen LogP contribution in [0.1, 0.15) is 19.3 Å². The van der Waals surface area contributed by atoms with Gasteiger partial charge in [-0.15, -0.1) is 0 Å². The standard InChI is InChI=1S/C9H15IO3/c10-8(4-5-11)7-13-9-3-1-2-6-12-9/h4,9,11H,1-3,5-7H2/b8-4-. The normalized spacial score (nSPS) is 24.8. The first kappa shape index (κ1) is 11.4. The lowest BCUT2D eigenvalue weighted by Gasteiger charge is -2.22. The second-order valence-corrected chi connectivity index (χ2v) is 4.33. The van der Waals surface area contributed by atoms with Gasteiger partial charge in [-0.1, -0.05) is 0 Å². The van der Waals surface area contributed by atoms with Crippen LogP contribution in [0.4, 0.5) is 0 Å². The second-order valence-electron chi connectivity index (χ2n) is 2.94. The van der Waals surface area contributed by atoms with Crippen molar-refractivity contribution in [3.63, 3.8) is 0 Å². The Labute approximate surface area is 92.2 Å². The zero-order valence-electron chi connectivity index (χ0n) is 7.54. The Kier molecular flexibility index (Phi) is 5.93. The van der Waals surface area contributed by atoms with Gasteiger partial charge < -0.3 is 14.6 Å². The van der Waals surface area contributed by atoms with E-state index in [2.05, 4.69) is 22.6 Å². The van der Waals surface area contributed by atoms with Gasteiger partial charge >= 0.3 is 0 Å². The molecule has 1 atom stereocenters. The van der Waals surface area contributed by atoms with Crippen molar-refractivity contribution in [2.75, 3.05) is 19.8 Å². The molecule has 1 fully saturated rings. The van der Waals surface area contributed by atoms with Gasteiger partial charge in [0, 0.05) is 10.2 Å². The number of hydrogen-bond acceptors (Lipinski definition) is 3. The second kappa shape index (κ2) is 6.75. The molecule has 3 nitrogen and oxygen atoms in total. The third-order valence-electron chi connectivity index (χ3n) is 1.86. The Hall–Kier alpha value is 0.350. The summed E-state index contributed by atoms with van der Waals surface area (Å²) in [5, 5.41) is 8.61. The lowest BCUT2D eigenvalue weighted by Crippen LogP contribution is -2.22. The van der Waals surface area contributed by atoms with Gasteiger partial charge in [0.15, 0.2) is 6.29 Å². The van der Waals surface area contributed by atoms with Crippen molar-refractivity contribution in [2.45, 2.75) is 25.6 Å². The fourth-order valence-electron chi connectivity index (χ4n) is 1.17. The van der Waals surface area contributed by atoms with Gasteiger partial charge in [0.2, 0.25) is 0 Å². The summed E-state index contributed by atoms with van der Waals surface area (Å²) in [4.78, 5) is 0. The average Bonchev–Trinajstić information content (AvgIpc) is 2.17. The Morgan fingerprint density at radius 2 is 2.46 bits per heavy atom. The summed E-state index contributed by atoms with van der Waals surface area (Å²) in [5.41, 5.74) is 0. The van der Waals surface area contributed by atoms with E-state index in [1.165, 1.54) is 6.42 Å². The van der Waals surface area contributed by atoms with Crippen molar-refractivity contribution in [3.05, 3.63) is 9.66 Å². The smallest absolute Gasteiger partial charge is 0.158 e. The van der Waals surface area contributed by atoms with Crippen molar-refractivity contribution in [3.8, 4) is 0 Å². The average molecular weight is 298 g/mol. The number of hydrogen-bond donors (Lipinski definition) is 1. The molecule has 0 amide bonds. The van der Waals surface area contributed by atoms with E-state index in [9.17, 15) is 0 Å². The first-order valence-electron chi connectivity index (χ1n) is 4.51. The van der Waals surface area contributed by atoms with Crippen LogP contribution in [0.25, 0.3) is 0 Å². The lowest BCUT2D eigenvalue weighted by atomic mass is 10.2. The predicted octanol–water partition coefficient (Wildman–Crippen LogP) is 1.84. The van der Waals surface area contributed by atoms with Crippen LogP contribution in [-0.2, 0) is 9.47 Å². The quantitative estimate of drug-likeness (QED) is 0.805. The minimum atomic E-state index is -0.0365. The molecule has 0 bridgehead atoms. The topological polar surface area (TPSA) is 38.7 Å². The number of ether oxygens (including phenoxy) is 2. The number of halogens is 1. The molecule has 4 heteroatoms. The van der Waals surface area contributed by atoms with E-state index in [0.717, 1.165) is 23.0 Å². The van der Waals surface area contributed by atoms with Crippen molar-refractivity contribution >= 4 is 22.6 Å². The zero-order valence-corrected chi connectivity index (χ0v) is 9.70. The molecule has 0 aromatic rings. The molecular weight excluding hydrogens is 283 g/mol. The molecule has 13 heavy (non-hydrogen) atoms. The van der Waals surface area contributed by atoms with Gasteiger partial charge in [0.05, 0.1) is 13.2 Å². The first-order valence-corrected chi connectivity index (χ1v) is 5.59. The van der Waals surface area contributed by atoms with Crippen molar-refractivity contribution in [1.82, 2.24) is 0 Å². The summed E-state index contributed by atoms with van der Waals surface area (Å²) >= 11 is 2.16. The molecule has 76 valence electrons. The molecule has 0 aliphatic carbocycles. The number of aliphatic hydroxyl groups excluding tert-OH is 1. The highest BCUT2D eigenvalue weighted by Gasteiger charge is 2.13. The number of rotatable bonds is 4. The van der Waals surface area contributed by atoms with E-state index in [4.69, 9.17) is 14.6 Å². The van der Waals surface area contributed by atoms with Gasteiger partial charge in [-0.25, -0.2) is 0 Å². The summed E-state index contributed by atoms with van der Waals surface area (Å²) in [6.45, 7) is 1.43. The summed E-state index contributed by atoms with van der Waals surface area (Å²) in [6.07, 6.45) is 5.02. The summed E-state index contributed by atoms with van der Waals surface area (Å²) in [6, 6.07) is 0. The Bertz CT molecular complexity index is 164. The van der Waals surface area contributed by atoms with Crippen LogP contribution in [0.15, 0.2) is 9.66 Å². The summed E-state index contributed by atoms with van der Waals surface area (Å²) in [7, 11) is 0. The molecule has 1 rings (SSSR count). The molecule has 0 saturated carbocycles. The molecule has 0 spiro atoms. The minimum absolute atomic E-state index is 0.0365. The fourth-order valence-corrected chi connectivity index (χ4v) is 1.55. The van der Waals surface area contributed by atoms with E-state index in [1.54, 1.807) is 6.08 Å². The van der Waals surface area contributed by atoms with Crippen molar-refractivity contribution in [2.24, 2.45) is 0 Å². The SMILES string of the molecule is OC/C=C(\I)COC1CCCCO1. The molecule has 1 N–H and O–H groups in total. The maximum absolute atomic E-state index is 8.61. The molecule has 1 saturated heterocycles. The molecule has 1 unspecified atom stereocenters. The largest absolute Gasteiger partial charge is 0.392 e.